The van der Waals surface area contributed by atoms with Crippen molar-refractivity contribution in [3.8, 4) is 0 Å². The first-order valence-corrected chi connectivity index (χ1v) is 29.8. The average Bonchev–Trinajstić information content (AvgIpc) is 0.920. The van der Waals surface area contributed by atoms with E-state index >= 15 is 79.0 Å². The number of hydrogen-bond acceptors (Lipinski definition) is 1. The van der Waals surface area contributed by atoms with Gasteiger partial charge in [-0.1, -0.05) is 0 Å². The fourth-order valence-corrected chi connectivity index (χ4v) is 12.6. The molecule has 13 aromatic carbocycles. The van der Waals surface area contributed by atoms with Crippen molar-refractivity contribution in [3.05, 3.63) is 274 Å². The summed E-state index contributed by atoms with van der Waals surface area (Å²) in [6, 6.07) is 4.22. The molecule has 1 aromatic heterocycles. The van der Waals surface area contributed by atoms with Gasteiger partial charge in [0.15, 0.2) is 209 Å². The van der Waals surface area contributed by atoms with Crippen LogP contribution >= 0.6 is 0 Å². The molecule has 0 aliphatic rings. The predicted octanol–water partition coefficient (Wildman–Crippen LogP) is 19.3. The van der Waals surface area contributed by atoms with E-state index in [4.69, 9.17) is 0 Å². The van der Waals surface area contributed by atoms with Crippen molar-refractivity contribution in [2.45, 2.75) is 13.8 Å². The molecule has 14 rings (SSSR count). The van der Waals surface area contributed by atoms with Crippen LogP contribution in [-0.2, 0) is 0 Å². The molecule has 1 heterocycles. The smallest absolute Gasteiger partial charge is 0.264 e. The average molecular weight is 1690 g/mol. The summed E-state index contributed by atoms with van der Waals surface area (Å²) in [6.07, 6.45) is 1.73. The highest BCUT2D eigenvalue weighted by Gasteiger charge is 2.49. The molecule has 1 N–H and O–H groups in total. The van der Waals surface area contributed by atoms with Gasteiger partial charge in [-0.05, 0) is 37.1 Å². The van der Waals surface area contributed by atoms with Crippen molar-refractivity contribution in [1.82, 2.24) is 9.97 Å². The maximum atomic E-state index is 16.1. The number of imidazole rings is 1. The van der Waals surface area contributed by atoms with Gasteiger partial charge in [-0.2, -0.15) is 0 Å². The monoisotopic (exact) mass is 1690 g/mol. The van der Waals surface area contributed by atoms with Gasteiger partial charge in [0.25, 0.3) is 13.4 Å². The second-order valence-corrected chi connectivity index (χ2v) is 23.9. The summed E-state index contributed by atoms with van der Waals surface area (Å²) in [4.78, 5) is 7.24. The summed E-state index contributed by atoms with van der Waals surface area (Å²) < 4.78 is 627. The summed E-state index contributed by atoms with van der Waals surface area (Å²) >= 11 is 0. The molecule has 0 saturated heterocycles. The first kappa shape index (κ1) is 82.5. The van der Waals surface area contributed by atoms with E-state index in [1.807, 2.05) is 0 Å². The standard InChI is InChI=1S/2C30BF21.C9H10N2/c2*32-10-1-4(19(41)28(50)25(47)16(1)38)13(35)22(44)7(10)31(8-11(33)2-5(14(36)23(8)45)20(42)29(51)26(48)17(2)39)9-12(34)3-6(15(37)24(9)46)21(43)30(52)27(49)18(3)40;1-6-3-8-9(4-7(6)2)11-5-10-8/h;;3-5H,1-2H3,(H,10,11). The normalized spacial score (nSPS) is 11.8. The van der Waals surface area contributed by atoms with E-state index in [1.54, 1.807) is 6.33 Å². The van der Waals surface area contributed by atoms with E-state index in [1.165, 1.54) is 11.1 Å². The van der Waals surface area contributed by atoms with Crippen LogP contribution in [0.15, 0.2) is 18.5 Å². The Morgan fingerprint density at radius 1 is 0.174 bits per heavy atom. The van der Waals surface area contributed by atoms with E-state index in [9.17, 15) is 105 Å². The summed E-state index contributed by atoms with van der Waals surface area (Å²) in [5.74, 6) is -130. The molecule has 0 atom stereocenters. The molecular formula is C69H10B2F42N2. The number of fused-ring (bicyclic) bond motifs is 7. The number of hydrogen-bond donors (Lipinski definition) is 1. The van der Waals surface area contributed by atoms with Crippen LogP contribution in [0.5, 0.6) is 0 Å². The number of benzene rings is 13. The van der Waals surface area contributed by atoms with Gasteiger partial charge in [0.2, 0.25) is 0 Å². The number of H-pyrrole nitrogens is 1. The van der Waals surface area contributed by atoms with Gasteiger partial charge < -0.3 is 4.98 Å². The van der Waals surface area contributed by atoms with Crippen molar-refractivity contribution >= 4 is 122 Å². The number of nitrogens with one attached hydrogen (secondary N) is 1. The number of aryl methyl sites for hydroxylation is 2. The second-order valence-electron chi connectivity index (χ2n) is 23.9. The molecule has 0 radical (unpaired) electrons. The molecule has 46 heteroatoms. The third-order valence-corrected chi connectivity index (χ3v) is 18.0. The lowest BCUT2D eigenvalue weighted by Crippen LogP contribution is -2.60. The Morgan fingerprint density at radius 2 is 0.304 bits per heavy atom. The minimum absolute atomic E-state index is 1.05. The number of aromatic nitrogens is 2. The molecular weight excluding hydrogens is 1680 g/mol. The molecule has 115 heavy (non-hydrogen) atoms. The van der Waals surface area contributed by atoms with Gasteiger partial charge in [0.05, 0.1) is 82.0 Å². The van der Waals surface area contributed by atoms with Crippen LogP contribution in [0.4, 0.5) is 184 Å². The Bertz CT molecular complexity index is 5830. The minimum atomic E-state index is -4.40. The fourth-order valence-electron chi connectivity index (χ4n) is 12.6. The van der Waals surface area contributed by atoms with Crippen LogP contribution in [0.2, 0.25) is 0 Å². The third kappa shape index (κ3) is 11.5. The molecule has 0 saturated carbocycles. The summed E-state index contributed by atoms with van der Waals surface area (Å²) in [5.41, 5.74) is -13.0. The number of aromatic amines is 1. The molecule has 0 fully saturated rings. The zero-order valence-electron chi connectivity index (χ0n) is 53.7. The van der Waals surface area contributed by atoms with E-state index in [0.717, 1.165) is 11.0 Å². The molecule has 596 valence electrons. The molecule has 2 nitrogen and oxygen atoms in total. The van der Waals surface area contributed by atoms with Gasteiger partial charge in [-0.25, -0.2) is 189 Å². The molecule has 0 aliphatic heterocycles. The van der Waals surface area contributed by atoms with E-state index < -0.39 is 355 Å². The van der Waals surface area contributed by atoms with Gasteiger partial charge >= 0.3 is 0 Å². The van der Waals surface area contributed by atoms with Gasteiger partial charge in [0.1, 0.15) is 34.9 Å². The van der Waals surface area contributed by atoms with Crippen LogP contribution in [-0.4, -0.2) is 23.4 Å². The maximum Gasteiger partial charge on any atom is 0.264 e. The zero-order chi connectivity index (χ0) is 85.6. The van der Waals surface area contributed by atoms with Gasteiger partial charge in [-0.3, -0.25) is 0 Å². The Balaban J connectivity index is 0.000000187. The van der Waals surface area contributed by atoms with Crippen molar-refractivity contribution in [2.24, 2.45) is 0 Å². The lowest BCUT2D eigenvalue weighted by atomic mass is 9.35. The van der Waals surface area contributed by atoms with E-state index in [-0.39, 0.29) is 0 Å². The molecule has 0 aliphatic carbocycles. The summed E-state index contributed by atoms with van der Waals surface area (Å²) in [6.45, 7) is -4.60. The number of nitrogens with zero attached hydrogens (tertiary/aromatic N) is 1. The Hall–Kier alpha value is -11.9. The fraction of sp³-hybridized carbons (Fsp3) is 0.0290. The molecule has 0 amide bonds. The van der Waals surface area contributed by atoms with Crippen molar-refractivity contribution in [1.29, 1.82) is 0 Å². The van der Waals surface area contributed by atoms with Crippen LogP contribution < -0.4 is 32.8 Å². The first-order chi connectivity index (χ1) is 53.5. The van der Waals surface area contributed by atoms with Crippen LogP contribution in [0, 0.1) is 258 Å². The van der Waals surface area contributed by atoms with Crippen LogP contribution in [0.25, 0.3) is 75.7 Å². The van der Waals surface area contributed by atoms with Crippen molar-refractivity contribution < 1.29 is 184 Å². The third-order valence-electron chi connectivity index (χ3n) is 18.0. The lowest BCUT2D eigenvalue weighted by molar-refractivity contribution is 0.412. The molecule has 0 bridgehead atoms. The largest absolute Gasteiger partial charge is 0.345 e. The van der Waals surface area contributed by atoms with Gasteiger partial charge in [-0.15, -0.1) is 0 Å². The second kappa shape index (κ2) is 28.6. The lowest BCUT2D eigenvalue weighted by Gasteiger charge is -2.23. The van der Waals surface area contributed by atoms with Crippen molar-refractivity contribution in [3.63, 3.8) is 0 Å². The SMILES string of the molecule is Cc1cc2nc[nH]c2cc1C.Fc1c(F)c(F)c2c(F)c(B(c3c(F)c(F)c4c(F)c(F)c(F)c(F)c4c3F)c3c(F)c(F)c4c(F)c(F)c(F)c(F)c4c3F)c(F)c(F)c2c1F.Fc1c(F)c(F)c2c(F)c(B(c3c(F)c(F)c4c(F)c(F)c(F)c(F)c4c3F)c3c(F)c(F)c4c(F)c(F)c(F)c(F)c4c3F)c(F)c(F)c2c1F. The minimum Gasteiger partial charge on any atom is -0.345 e. The van der Waals surface area contributed by atoms with Gasteiger partial charge in [0, 0.05) is 32.8 Å². The van der Waals surface area contributed by atoms with Crippen LogP contribution in [0.3, 0.4) is 0 Å². The predicted molar refractivity (Wildman–Crippen MR) is 317 cm³/mol. The summed E-state index contributed by atoms with van der Waals surface area (Å²) in [7, 11) is 0. The Labute approximate surface area is 602 Å². The summed E-state index contributed by atoms with van der Waals surface area (Å²) in [5, 5.41) is -31.1. The highest BCUT2D eigenvalue weighted by Crippen LogP contribution is 2.41. The highest BCUT2D eigenvalue weighted by atomic mass is 19.2. The highest BCUT2D eigenvalue weighted by molar-refractivity contribution is 6.97. The van der Waals surface area contributed by atoms with E-state index in [2.05, 4.69) is 35.9 Å². The maximum absolute atomic E-state index is 16.1. The number of rotatable bonds is 6. The van der Waals surface area contributed by atoms with E-state index in [0.29, 0.717) is 0 Å². The van der Waals surface area contributed by atoms with Crippen molar-refractivity contribution in [2.75, 3.05) is 0 Å². The van der Waals surface area contributed by atoms with Crippen LogP contribution in [0.1, 0.15) is 11.1 Å². The zero-order valence-corrected chi connectivity index (χ0v) is 53.7. The topological polar surface area (TPSA) is 28.7 Å². The first-order valence-electron chi connectivity index (χ1n) is 29.8. The Morgan fingerprint density at radius 3 is 0.461 bits per heavy atom. The quantitative estimate of drug-likeness (QED) is 0.0764. The molecule has 0 spiro atoms. The Kier molecular flexibility index (Phi) is 20.5. The molecule has 14 aromatic rings. The molecule has 0 unspecified atom stereocenters. The number of halogens is 42.